The van der Waals surface area contributed by atoms with Crippen molar-refractivity contribution in [1.29, 1.82) is 0 Å². The minimum atomic E-state index is -3.60. The third-order valence-corrected chi connectivity index (χ3v) is 9.33. The summed E-state index contributed by atoms with van der Waals surface area (Å²) in [6.45, 7) is 4.61. The molecule has 7 nitrogen and oxygen atoms in total. The topological polar surface area (TPSA) is 96.4 Å². The van der Waals surface area contributed by atoms with E-state index in [0.717, 1.165) is 55.7 Å². The Balaban J connectivity index is 1.69. The first kappa shape index (κ1) is 24.6. The fourth-order valence-electron chi connectivity index (χ4n) is 4.83. The van der Waals surface area contributed by atoms with Gasteiger partial charge in [-0.05, 0) is 38.3 Å². The molecule has 1 aromatic carbocycles. The smallest absolute Gasteiger partial charge is 0.328 e. The number of carboxylic acid groups (broad SMARTS) is 1. The number of rotatable bonds is 12. The number of aromatic nitrogens is 1. The van der Waals surface area contributed by atoms with Crippen molar-refractivity contribution in [2.45, 2.75) is 69.2 Å². The normalized spacial score (nSPS) is 21.6. The number of fused-ring (bicyclic) bond motifs is 1. The summed E-state index contributed by atoms with van der Waals surface area (Å²) in [7, 11) is -3.60. The predicted molar refractivity (Wildman–Crippen MR) is 126 cm³/mol. The molecule has 3 rings (SSSR count). The number of aliphatic carboxylic acids is 1. The molecule has 2 unspecified atom stereocenters. The fourth-order valence-corrected chi connectivity index (χ4v) is 7.18. The van der Waals surface area contributed by atoms with Crippen LogP contribution in [0, 0.1) is 0 Å². The maximum Gasteiger partial charge on any atom is 0.328 e. The molecule has 0 radical (unpaired) electrons. The van der Waals surface area contributed by atoms with E-state index in [1.54, 1.807) is 24.5 Å². The van der Waals surface area contributed by atoms with Gasteiger partial charge in [-0.3, -0.25) is 9.78 Å². The first-order chi connectivity index (χ1) is 15.4. The lowest BCUT2D eigenvalue weighted by molar-refractivity contribution is -0.834. The number of carboxylic acids is 1. The number of hydrogen-bond donors (Lipinski definition) is 2. The Hall–Kier alpha value is -2.03. The van der Waals surface area contributed by atoms with Crippen LogP contribution in [-0.4, -0.2) is 60.6 Å². The average molecular weight is 463 g/mol. The number of sulfonamides is 1. The minimum absolute atomic E-state index is 0.0261. The molecule has 1 aromatic heterocycles. The molecular formula is C24H36N3O4S+. The maximum absolute atomic E-state index is 14.1. The summed E-state index contributed by atoms with van der Waals surface area (Å²) in [6.07, 6.45) is 10.3. The van der Waals surface area contributed by atoms with Gasteiger partial charge in [0.1, 0.15) is 17.5 Å². The molecule has 176 valence electrons. The number of nitrogens with one attached hydrogen (secondary N) is 1. The Morgan fingerprint density at radius 3 is 2.56 bits per heavy atom. The molecule has 8 heteroatoms. The Labute approximate surface area is 191 Å². The largest absolute Gasteiger partial charge is 0.481 e. The quantitative estimate of drug-likeness (QED) is 0.366. The summed E-state index contributed by atoms with van der Waals surface area (Å²) in [5, 5.41) is 13.6. The standard InChI is InChI=1S/C24H35N3O4S/c1-20-18-26-15-17-27(20,16-8-6-4-2-3-5-7-12-24(28)29)32(30,31)23-11-9-10-21-19-25-14-13-22(21)23/h9-11,13-14,19-20,26H,2-8,12,15-18H2,1H3/p+1. The van der Waals surface area contributed by atoms with E-state index in [2.05, 4.69) is 10.3 Å². The molecular weight excluding hydrogens is 426 g/mol. The molecule has 0 spiro atoms. The summed E-state index contributed by atoms with van der Waals surface area (Å²) in [4.78, 5) is 15.1. The van der Waals surface area contributed by atoms with Crippen molar-refractivity contribution in [3.05, 3.63) is 36.7 Å². The van der Waals surface area contributed by atoms with E-state index in [4.69, 9.17) is 5.11 Å². The molecule has 1 saturated heterocycles. The molecule has 0 aliphatic carbocycles. The van der Waals surface area contributed by atoms with Crippen LogP contribution in [0.4, 0.5) is 0 Å². The van der Waals surface area contributed by atoms with Gasteiger partial charge in [0.25, 0.3) is 0 Å². The average Bonchev–Trinajstić information content (AvgIpc) is 2.78. The molecule has 0 saturated carbocycles. The minimum Gasteiger partial charge on any atom is -0.481 e. The van der Waals surface area contributed by atoms with E-state index in [1.165, 1.54) is 0 Å². The molecule has 2 atom stereocenters. The highest BCUT2D eigenvalue weighted by Crippen LogP contribution is 2.34. The molecule has 0 amide bonds. The Kier molecular flexibility index (Phi) is 8.62. The summed E-state index contributed by atoms with van der Waals surface area (Å²) in [6, 6.07) is 7.23. The van der Waals surface area contributed by atoms with E-state index in [0.29, 0.717) is 31.1 Å². The van der Waals surface area contributed by atoms with Crippen LogP contribution in [0.3, 0.4) is 0 Å². The maximum atomic E-state index is 14.1. The fraction of sp³-hybridized carbons (Fsp3) is 0.583. The molecule has 2 aromatic rings. The van der Waals surface area contributed by atoms with Crippen molar-refractivity contribution in [3.8, 4) is 0 Å². The van der Waals surface area contributed by atoms with E-state index in [-0.39, 0.29) is 16.4 Å². The zero-order valence-corrected chi connectivity index (χ0v) is 19.8. The number of hydrogen-bond acceptors (Lipinski definition) is 5. The van der Waals surface area contributed by atoms with Crippen LogP contribution in [0.15, 0.2) is 41.6 Å². The third-order valence-electron chi connectivity index (χ3n) is 6.73. The summed E-state index contributed by atoms with van der Waals surface area (Å²) in [5.74, 6) is -0.729. The molecule has 0 bridgehead atoms. The van der Waals surface area contributed by atoms with Crippen molar-refractivity contribution >= 4 is 26.8 Å². The lowest BCUT2D eigenvalue weighted by Gasteiger charge is -2.45. The van der Waals surface area contributed by atoms with Gasteiger partial charge in [0, 0.05) is 42.7 Å². The van der Waals surface area contributed by atoms with Gasteiger partial charge in [-0.2, -0.15) is 8.42 Å². The summed E-state index contributed by atoms with van der Waals surface area (Å²) >= 11 is 0. The highest BCUT2D eigenvalue weighted by Gasteiger charge is 2.48. The lowest BCUT2D eigenvalue weighted by atomic mass is 10.1. The summed E-state index contributed by atoms with van der Waals surface area (Å²) < 4.78 is 28.3. The zero-order valence-electron chi connectivity index (χ0n) is 19.0. The van der Waals surface area contributed by atoms with Crippen LogP contribution in [0.1, 0.15) is 58.3 Å². The van der Waals surface area contributed by atoms with Crippen LogP contribution in [0.2, 0.25) is 0 Å². The molecule has 1 fully saturated rings. The van der Waals surface area contributed by atoms with E-state index >= 15 is 0 Å². The van der Waals surface area contributed by atoms with Gasteiger partial charge in [0.15, 0.2) is 0 Å². The van der Waals surface area contributed by atoms with Crippen LogP contribution >= 0.6 is 0 Å². The SMILES string of the molecule is CC1CNCC[N+]1(CCCCCCCCCC(=O)O)S(=O)(=O)c1cccc2cnccc12. The Bertz CT molecular complexity index is 1010. The van der Waals surface area contributed by atoms with Gasteiger partial charge in [-0.15, -0.1) is 0 Å². The number of unbranched alkanes of at least 4 members (excludes halogenated alkanes) is 6. The second-order valence-corrected chi connectivity index (χ2v) is 11.0. The van der Waals surface area contributed by atoms with Gasteiger partial charge < -0.3 is 10.4 Å². The third kappa shape index (κ3) is 5.47. The molecule has 2 heterocycles. The van der Waals surface area contributed by atoms with Crippen molar-refractivity contribution in [2.75, 3.05) is 26.2 Å². The Morgan fingerprint density at radius 2 is 1.84 bits per heavy atom. The van der Waals surface area contributed by atoms with Crippen molar-refractivity contribution in [2.24, 2.45) is 0 Å². The van der Waals surface area contributed by atoms with Gasteiger partial charge in [-0.25, -0.2) is 3.89 Å². The zero-order chi connectivity index (χ0) is 23.0. The van der Waals surface area contributed by atoms with Crippen LogP contribution in [0.25, 0.3) is 10.8 Å². The lowest BCUT2D eigenvalue weighted by Crippen LogP contribution is -2.66. The van der Waals surface area contributed by atoms with Crippen molar-refractivity contribution < 1.29 is 22.2 Å². The number of piperazine rings is 1. The first-order valence-corrected chi connectivity index (χ1v) is 13.2. The number of benzene rings is 1. The van der Waals surface area contributed by atoms with Gasteiger partial charge in [0.05, 0.1) is 6.54 Å². The highest BCUT2D eigenvalue weighted by atomic mass is 32.2. The Morgan fingerprint density at radius 1 is 1.12 bits per heavy atom. The van der Waals surface area contributed by atoms with Gasteiger partial charge in [0.2, 0.25) is 0 Å². The molecule has 32 heavy (non-hydrogen) atoms. The van der Waals surface area contributed by atoms with Crippen LogP contribution < -0.4 is 5.32 Å². The monoisotopic (exact) mass is 462 g/mol. The molecule has 1 aliphatic rings. The molecule has 2 N–H and O–H groups in total. The van der Waals surface area contributed by atoms with Gasteiger partial charge in [-0.1, -0.05) is 37.8 Å². The summed E-state index contributed by atoms with van der Waals surface area (Å²) in [5.41, 5.74) is 0. The number of quaternary nitrogens is 1. The predicted octanol–water partition coefficient (Wildman–Crippen LogP) is 3.94. The number of nitrogens with zero attached hydrogens (tertiary/aromatic N) is 2. The van der Waals surface area contributed by atoms with E-state index in [1.807, 2.05) is 19.1 Å². The van der Waals surface area contributed by atoms with Crippen LogP contribution in [-0.2, 0) is 14.8 Å². The second kappa shape index (κ2) is 11.2. The second-order valence-electron chi connectivity index (χ2n) is 8.90. The first-order valence-electron chi connectivity index (χ1n) is 11.8. The van der Waals surface area contributed by atoms with Crippen molar-refractivity contribution in [3.63, 3.8) is 0 Å². The van der Waals surface area contributed by atoms with Crippen molar-refractivity contribution in [1.82, 2.24) is 10.3 Å². The van der Waals surface area contributed by atoms with E-state index in [9.17, 15) is 13.2 Å². The number of carbonyl (C=O) groups is 1. The molecule has 1 aliphatic heterocycles. The van der Waals surface area contributed by atoms with E-state index < -0.39 is 16.0 Å². The van der Waals surface area contributed by atoms with Gasteiger partial charge >= 0.3 is 16.0 Å². The highest BCUT2D eigenvalue weighted by molar-refractivity contribution is 7.86. The van der Waals surface area contributed by atoms with Crippen LogP contribution in [0.5, 0.6) is 0 Å². The number of pyridine rings is 1.